The first-order chi connectivity index (χ1) is 10.2. The van der Waals surface area contributed by atoms with Gasteiger partial charge in [0.15, 0.2) is 0 Å². The fourth-order valence-electron chi connectivity index (χ4n) is 2.30. The fourth-order valence-corrected chi connectivity index (χ4v) is 2.30. The second kappa shape index (κ2) is 7.81. The lowest BCUT2D eigenvalue weighted by Crippen LogP contribution is -2.35. The average Bonchev–Trinajstić information content (AvgIpc) is 2.55. The quantitative estimate of drug-likeness (QED) is 0.822. The first kappa shape index (κ1) is 15.5. The Morgan fingerprint density at radius 3 is 2.00 bits per heavy atom. The molecule has 0 heterocycles. The highest BCUT2D eigenvalue weighted by molar-refractivity contribution is 5.46. The maximum atomic E-state index is 10.4. The lowest BCUT2D eigenvalue weighted by atomic mass is 10.1. The summed E-state index contributed by atoms with van der Waals surface area (Å²) in [7, 11) is 0. The van der Waals surface area contributed by atoms with Crippen LogP contribution in [0.2, 0.25) is 0 Å². The van der Waals surface area contributed by atoms with Gasteiger partial charge in [0.1, 0.15) is 0 Å². The van der Waals surface area contributed by atoms with Gasteiger partial charge < -0.3 is 15.1 Å². The molecule has 0 fully saturated rings. The zero-order valence-corrected chi connectivity index (χ0v) is 12.4. The van der Waals surface area contributed by atoms with Gasteiger partial charge >= 0.3 is 0 Å². The Kier molecular flexibility index (Phi) is 5.78. The van der Waals surface area contributed by atoms with Crippen LogP contribution in [0.1, 0.15) is 25.0 Å². The normalized spacial score (nSPS) is 13.7. The minimum absolute atomic E-state index is 0.395. The minimum Gasteiger partial charge on any atom is -0.391 e. The monoisotopic (exact) mass is 285 g/mol. The predicted molar refractivity (Wildman–Crippen MR) is 86.4 cm³/mol. The molecule has 2 N–H and O–H groups in total. The molecule has 3 heteroatoms. The van der Waals surface area contributed by atoms with E-state index in [2.05, 4.69) is 0 Å². The van der Waals surface area contributed by atoms with E-state index in [9.17, 15) is 10.2 Å². The Labute approximate surface area is 126 Å². The van der Waals surface area contributed by atoms with Crippen molar-refractivity contribution in [2.75, 3.05) is 18.0 Å². The van der Waals surface area contributed by atoms with Gasteiger partial charge in [-0.2, -0.15) is 0 Å². The van der Waals surface area contributed by atoms with Crippen LogP contribution in [0, 0.1) is 0 Å². The summed E-state index contributed by atoms with van der Waals surface area (Å²) < 4.78 is 0. The highest BCUT2D eigenvalue weighted by atomic mass is 16.3. The molecule has 0 amide bonds. The summed E-state index contributed by atoms with van der Waals surface area (Å²) in [6.07, 6.45) is -0.270. The van der Waals surface area contributed by atoms with Gasteiger partial charge in [-0.3, -0.25) is 0 Å². The standard InChI is InChI=1S/C18H23NO2/c1-2-17(20)13-19(16-11-7-4-8-12-16)14-18(21)15-9-5-3-6-10-15/h3-12,17-18,20-21H,2,13-14H2,1H3. The van der Waals surface area contributed by atoms with Crippen molar-refractivity contribution in [2.45, 2.75) is 25.6 Å². The van der Waals surface area contributed by atoms with Gasteiger partial charge in [-0.15, -0.1) is 0 Å². The SMILES string of the molecule is CCC(O)CN(CC(O)c1ccccc1)c1ccccc1. The van der Waals surface area contributed by atoms with E-state index >= 15 is 0 Å². The highest BCUT2D eigenvalue weighted by Gasteiger charge is 2.16. The number of nitrogens with zero attached hydrogens (tertiary/aromatic N) is 1. The van der Waals surface area contributed by atoms with Crippen LogP contribution >= 0.6 is 0 Å². The van der Waals surface area contributed by atoms with E-state index in [1.807, 2.05) is 72.5 Å². The Hall–Kier alpha value is -1.84. The zero-order valence-electron chi connectivity index (χ0n) is 12.4. The van der Waals surface area contributed by atoms with Gasteiger partial charge in [-0.1, -0.05) is 55.5 Å². The van der Waals surface area contributed by atoms with Gasteiger partial charge in [0.05, 0.1) is 12.2 Å². The second-order valence-corrected chi connectivity index (χ2v) is 5.23. The molecule has 2 aromatic rings. The van der Waals surface area contributed by atoms with E-state index < -0.39 is 12.2 Å². The molecular weight excluding hydrogens is 262 g/mol. The van der Waals surface area contributed by atoms with Gasteiger partial charge in [0.25, 0.3) is 0 Å². The van der Waals surface area contributed by atoms with Crippen molar-refractivity contribution in [2.24, 2.45) is 0 Å². The summed E-state index contributed by atoms with van der Waals surface area (Å²) in [6, 6.07) is 19.5. The van der Waals surface area contributed by atoms with Crippen molar-refractivity contribution in [1.29, 1.82) is 0 Å². The number of hydrogen-bond donors (Lipinski definition) is 2. The molecule has 2 atom stereocenters. The molecule has 0 aromatic heterocycles. The van der Waals surface area contributed by atoms with E-state index in [0.29, 0.717) is 19.5 Å². The number of rotatable bonds is 7. The lowest BCUT2D eigenvalue weighted by Gasteiger charge is -2.29. The maximum absolute atomic E-state index is 10.4. The molecule has 0 aliphatic rings. The fraction of sp³-hybridized carbons (Fsp3) is 0.333. The number of aliphatic hydroxyl groups excluding tert-OH is 2. The van der Waals surface area contributed by atoms with Gasteiger partial charge in [-0.25, -0.2) is 0 Å². The van der Waals surface area contributed by atoms with Crippen molar-refractivity contribution in [1.82, 2.24) is 0 Å². The largest absolute Gasteiger partial charge is 0.391 e. The third kappa shape index (κ3) is 4.59. The molecule has 0 bridgehead atoms. The molecule has 0 spiro atoms. The molecule has 0 radical (unpaired) electrons. The molecule has 3 nitrogen and oxygen atoms in total. The van der Waals surface area contributed by atoms with Crippen molar-refractivity contribution in [3.05, 3.63) is 66.2 Å². The summed E-state index contributed by atoms with van der Waals surface area (Å²) >= 11 is 0. The molecular formula is C18H23NO2. The van der Waals surface area contributed by atoms with E-state index in [-0.39, 0.29) is 0 Å². The lowest BCUT2D eigenvalue weighted by molar-refractivity contribution is 0.157. The molecule has 0 saturated carbocycles. The third-order valence-corrected chi connectivity index (χ3v) is 3.60. The molecule has 2 aromatic carbocycles. The van der Waals surface area contributed by atoms with Crippen molar-refractivity contribution >= 4 is 5.69 Å². The van der Waals surface area contributed by atoms with Gasteiger partial charge in [0, 0.05) is 18.8 Å². The Morgan fingerprint density at radius 2 is 1.43 bits per heavy atom. The number of anilines is 1. The third-order valence-electron chi connectivity index (χ3n) is 3.60. The number of para-hydroxylation sites is 1. The predicted octanol–water partition coefficient (Wildman–Crippen LogP) is 3.00. The van der Waals surface area contributed by atoms with Crippen LogP contribution in [0.4, 0.5) is 5.69 Å². The molecule has 112 valence electrons. The van der Waals surface area contributed by atoms with E-state index in [0.717, 1.165) is 11.3 Å². The summed E-state index contributed by atoms with van der Waals surface area (Å²) in [6.45, 7) is 2.94. The van der Waals surface area contributed by atoms with Crippen LogP contribution in [0.3, 0.4) is 0 Å². The Morgan fingerprint density at radius 1 is 0.857 bits per heavy atom. The smallest absolute Gasteiger partial charge is 0.0964 e. The summed E-state index contributed by atoms with van der Waals surface area (Å²) in [4.78, 5) is 2.03. The van der Waals surface area contributed by atoms with E-state index in [1.54, 1.807) is 0 Å². The van der Waals surface area contributed by atoms with Crippen LogP contribution in [0.5, 0.6) is 0 Å². The Balaban J connectivity index is 2.12. The number of hydrogen-bond acceptors (Lipinski definition) is 3. The molecule has 0 saturated heterocycles. The van der Waals surface area contributed by atoms with Gasteiger partial charge in [-0.05, 0) is 24.1 Å². The summed E-state index contributed by atoms with van der Waals surface area (Å²) in [5.41, 5.74) is 1.91. The zero-order chi connectivity index (χ0) is 15.1. The summed E-state index contributed by atoms with van der Waals surface area (Å²) in [5.74, 6) is 0. The first-order valence-electron chi connectivity index (χ1n) is 7.41. The molecule has 2 rings (SSSR count). The van der Waals surface area contributed by atoms with Crippen molar-refractivity contribution in [3.8, 4) is 0 Å². The van der Waals surface area contributed by atoms with Crippen molar-refractivity contribution < 1.29 is 10.2 Å². The van der Waals surface area contributed by atoms with Crippen LogP contribution in [0.15, 0.2) is 60.7 Å². The van der Waals surface area contributed by atoms with Crippen LogP contribution in [0.25, 0.3) is 0 Å². The number of benzene rings is 2. The number of aliphatic hydroxyl groups is 2. The molecule has 0 aliphatic carbocycles. The van der Waals surface area contributed by atoms with E-state index in [4.69, 9.17) is 0 Å². The van der Waals surface area contributed by atoms with Gasteiger partial charge in [0.2, 0.25) is 0 Å². The minimum atomic E-state index is -0.574. The topological polar surface area (TPSA) is 43.7 Å². The van der Waals surface area contributed by atoms with Crippen LogP contribution < -0.4 is 4.90 Å². The molecule has 21 heavy (non-hydrogen) atoms. The van der Waals surface area contributed by atoms with Crippen LogP contribution in [-0.4, -0.2) is 29.4 Å². The van der Waals surface area contributed by atoms with Crippen LogP contribution in [-0.2, 0) is 0 Å². The average molecular weight is 285 g/mol. The second-order valence-electron chi connectivity index (χ2n) is 5.23. The summed E-state index contributed by atoms with van der Waals surface area (Å²) in [5, 5.41) is 20.4. The maximum Gasteiger partial charge on any atom is 0.0964 e. The van der Waals surface area contributed by atoms with Crippen molar-refractivity contribution in [3.63, 3.8) is 0 Å². The first-order valence-corrected chi connectivity index (χ1v) is 7.41. The molecule has 0 aliphatic heterocycles. The van der Waals surface area contributed by atoms with E-state index in [1.165, 1.54) is 0 Å². The highest BCUT2D eigenvalue weighted by Crippen LogP contribution is 2.20. The molecule has 2 unspecified atom stereocenters. The Bertz CT molecular complexity index is 515.